The number of hydrogen-bond donors (Lipinski definition) is 1. The van der Waals surface area contributed by atoms with Crippen molar-refractivity contribution in [2.45, 2.75) is 38.8 Å². The van der Waals surface area contributed by atoms with Gasteiger partial charge in [0, 0.05) is 0 Å². The molecule has 3 nitrogen and oxygen atoms in total. The summed E-state index contributed by atoms with van der Waals surface area (Å²) in [6.07, 6.45) is 0.827. The predicted molar refractivity (Wildman–Crippen MR) is 93.8 cm³/mol. The van der Waals surface area contributed by atoms with Crippen molar-refractivity contribution >= 4 is 17.5 Å². The summed E-state index contributed by atoms with van der Waals surface area (Å²) in [6.45, 7) is 3.97. The van der Waals surface area contributed by atoms with Crippen LogP contribution >= 0.6 is 11.6 Å². The highest BCUT2D eigenvalue weighted by molar-refractivity contribution is 6.32. The maximum atomic E-state index is 12.6. The summed E-state index contributed by atoms with van der Waals surface area (Å²) in [6, 6.07) is 17.1. The fraction of sp³-hybridized carbons (Fsp3) is 0.316. The van der Waals surface area contributed by atoms with Gasteiger partial charge in [-0.3, -0.25) is 4.79 Å². The number of benzene rings is 2. The zero-order valence-electron chi connectivity index (χ0n) is 13.5. The van der Waals surface area contributed by atoms with Gasteiger partial charge in [0.1, 0.15) is 5.75 Å². The largest absolute Gasteiger partial charge is 0.479 e. The van der Waals surface area contributed by atoms with Gasteiger partial charge >= 0.3 is 0 Å². The average molecular weight is 332 g/mol. The number of carbonyl (C=O) groups excluding carboxylic acids is 1. The molecular formula is C19H22ClNO2. The van der Waals surface area contributed by atoms with E-state index in [4.69, 9.17) is 16.3 Å². The summed E-state index contributed by atoms with van der Waals surface area (Å²) in [5, 5.41) is 3.57. The monoisotopic (exact) mass is 331 g/mol. The molecule has 0 aliphatic carbocycles. The fourth-order valence-corrected chi connectivity index (χ4v) is 2.57. The molecule has 23 heavy (non-hydrogen) atoms. The Kier molecular flexibility index (Phi) is 6.48. The SMILES string of the molecule is CC[C@H](Oc1ccccc1Cl)C(=O)N[C@H](CC)c1ccccc1. The summed E-state index contributed by atoms with van der Waals surface area (Å²) < 4.78 is 5.79. The highest BCUT2D eigenvalue weighted by Crippen LogP contribution is 2.25. The first-order valence-electron chi connectivity index (χ1n) is 7.92. The molecule has 0 aliphatic rings. The first kappa shape index (κ1) is 17.4. The Morgan fingerprint density at radius 3 is 2.30 bits per heavy atom. The molecule has 0 spiro atoms. The highest BCUT2D eigenvalue weighted by Gasteiger charge is 2.22. The summed E-state index contributed by atoms with van der Waals surface area (Å²) in [5.74, 6) is 0.409. The van der Waals surface area contributed by atoms with E-state index in [0.29, 0.717) is 17.2 Å². The van der Waals surface area contributed by atoms with Gasteiger partial charge in [-0.15, -0.1) is 0 Å². The summed E-state index contributed by atoms with van der Waals surface area (Å²) >= 11 is 6.10. The molecule has 1 amide bonds. The number of amides is 1. The molecule has 0 unspecified atom stereocenters. The van der Waals surface area contributed by atoms with Gasteiger partial charge in [0.15, 0.2) is 6.10 Å². The van der Waals surface area contributed by atoms with Crippen LogP contribution in [0.1, 0.15) is 38.3 Å². The Bertz CT molecular complexity index is 630. The Balaban J connectivity index is 2.06. The van der Waals surface area contributed by atoms with Crippen molar-refractivity contribution in [3.05, 3.63) is 65.2 Å². The zero-order valence-corrected chi connectivity index (χ0v) is 14.2. The second kappa shape index (κ2) is 8.59. The predicted octanol–water partition coefficient (Wildman–Crippen LogP) is 4.76. The molecule has 0 fully saturated rings. The molecule has 0 saturated heterocycles. The number of halogens is 1. The first-order valence-corrected chi connectivity index (χ1v) is 8.30. The van der Waals surface area contributed by atoms with Crippen molar-refractivity contribution in [3.8, 4) is 5.75 Å². The van der Waals surface area contributed by atoms with Gasteiger partial charge in [-0.05, 0) is 30.5 Å². The fourth-order valence-electron chi connectivity index (χ4n) is 2.39. The van der Waals surface area contributed by atoms with Crippen LogP contribution in [-0.4, -0.2) is 12.0 Å². The minimum Gasteiger partial charge on any atom is -0.479 e. The lowest BCUT2D eigenvalue weighted by Crippen LogP contribution is -2.40. The Labute approximate surface area is 142 Å². The van der Waals surface area contributed by atoms with E-state index in [0.717, 1.165) is 12.0 Å². The van der Waals surface area contributed by atoms with E-state index in [-0.39, 0.29) is 11.9 Å². The van der Waals surface area contributed by atoms with Crippen LogP contribution in [0, 0.1) is 0 Å². The number of nitrogens with one attached hydrogen (secondary N) is 1. The van der Waals surface area contributed by atoms with Crippen LogP contribution in [0.4, 0.5) is 0 Å². The van der Waals surface area contributed by atoms with Gasteiger partial charge in [0.05, 0.1) is 11.1 Å². The molecule has 0 bridgehead atoms. The summed E-state index contributed by atoms with van der Waals surface area (Å²) in [5.41, 5.74) is 1.09. The van der Waals surface area contributed by atoms with E-state index in [1.165, 1.54) is 0 Å². The van der Waals surface area contributed by atoms with Crippen LogP contribution in [0.25, 0.3) is 0 Å². The number of hydrogen-bond acceptors (Lipinski definition) is 2. The van der Waals surface area contributed by atoms with Gasteiger partial charge in [0.25, 0.3) is 5.91 Å². The maximum absolute atomic E-state index is 12.6. The van der Waals surface area contributed by atoms with E-state index in [9.17, 15) is 4.79 Å². The highest BCUT2D eigenvalue weighted by atomic mass is 35.5. The van der Waals surface area contributed by atoms with Gasteiger partial charge in [-0.1, -0.05) is 67.9 Å². The van der Waals surface area contributed by atoms with Crippen LogP contribution in [0.15, 0.2) is 54.6 Å². The topological polar surface area (TPSA) is 38.3 Å². The van der Waals surface area contributed by atoms with E-state index >= 15 is 0 Å². The zero-order chi connectivity index (χ0) is 16.7. The van der Waals surface area contributed by atoms with Gasteiger partial charge in [-0.25, -0.2) is 0 Å². The second-order valence-electron chi connectivity index (χ2n) is 5.33. The van der Waals surface area contributed by atoms with Crippen LogP contribution in [0.5, 0.6) is 5.75 Å². The van der Waals surface area contributed by atoms with E-state index < -0.39 is 6.10 Å². The molecule has 0 aliphatic heterocycles. The van der Waals surface area contributed by atoms with E-state index in [2.05, 4.69) is 5.32 Å². The lowest BCUT2D eigenvalue weighted by molar-refractivity contribution is -0.128. The van der Waals surface area contributed by atoms with Crippen molar-refractivity contribution in [2.75, 3.05) is 0 Å². The minimum atomic E-state index is -0.562. The lowest BCUT2D eigenvalue weighted by Gasteiger charge is -2.22. The molecule has 1 N–H and O–H groups in total. The van der Waals surface area contributed by atoms with Crippen molar-refractivity contribution < 1.29 is 9.53 Å². The van der Waals surface area contributed by atoms with Gasteiger partial charge in [0.2, 0.25) is 0 Å². The minimum absolute atomic E-state index is 0.0207. The standard InChI is InChI=1S/C19H22ClNO2/c1-3-16(14-10-6-5-7-11-14)21-19(22)17(4-2)23-18-13-9-8-12-15(18)20/h5-13,16-17H,3-4H2,1-2H3,(H,21,22)/t16-,17+/m1/s1. The smallest absolute Gasteiger partial charge is 0.261 e. The van der Waals surface area contributed by atoms with Crippen molar-refractivity contribution in [3.63, 3.8) is 0 Å². The Morgan fingerprint density at radius 2 is 1.70 bits per heavy atom. The number of ether oxygens (including phenoxy) is 1. The second-order valence-corrected chi connectivity index (χ2v) is 5.73. The normalized spacial score (nSPS) is 13.2. The molecule has 4 heteroatoms. The molecule has 2 rings (SSSR count). The molecule has 122 valence electrons. The third-order valence-electron chi connectivity index (χ3n) is 3.70. The average Bonchev–Trinajstić information content (AvgIpc) is 2.59. The Morgan fingerprint density at radius 1 is 1.04 bits per heavy atom. The summed E-state index contributed by atoms with van der Waals surface area (Å²) in [7, 11) is 0. The molecule has 0 aromatic heterocycles. The lowest BCUT2D eigenvalue weighted by atomic mass is 10.0. The van der Waals surface area contributed by atoms with Gasteiger partial charge in [-0.2, -0.15) is 0 Å². The maximum Gasteiger partial charge on any atom is 0.261 e. The quantitative estimate of drug-likeness (QED) is 0.794. The van der Waals surface area contributed by atoms with Gasteiger partial charge < -0.3 is 10.1 Å². The number of rotatable bonds is 7. The molecule has 2 atom stereocenters. The van der Waals surface area contributed by atoms with E-state index in [1.807, 2.05) is 56.3 Å². The Hall–Kier alpha value is -2.00. The molecule has 2 aromatic carbocycles. The molecule has 0 radical (unpaired) electrons. The molecular weight excluding hydrogens is 310 g/mol. The van der Waals surface area contributed by atoms with Crippen LogP contribution in [0.3, 0.4) is 0 Å². The van der Waals surface area contributed by atoms with E-state index in [1.54, 1.807) is 12.1 Å². The molecule has 0 saturated carbocycles. The number of para-hydroxylation sites is 1. The van der Waals surface area contributed by atoms with Crippen LogP contribution < -0.4 is 10.1 Å². The third-order valence-corrected chi connectivity index (χ3v) is 4.01. The van der Waals surface area contributed by atoms with Crippen LogP contribution in [-0.2, 0) is 4.79 Å². The van der Waals surface area contributed by atoms with Crippen molar-refractivity contribution in [1.82, 2.24) is 5.32 Å². The molecule has 0 heterocycles. The first-order chi connectivity index (χ1) is 11.2. The molecule has 2 aromatic rings. The summed E-state index contributed by atoms with van der Waals surface area (Å²) in [4.78, 5) is 12.6. The number of carbonyl (C=O) groups is 1. The van der Waals surface area contributed by atoms with Crippen molar-refractivity contribution in [1.29, 1.82) is 0 Å². The van der Waals surface area contributed by atoms with Crippen LogP contribution in [0.2, 0.25) is 5.02 Å². The van der Waals surface area contributed by atoms with Crippen molar-refractivity contribution in [2.24, 2.45) is 0 Å². The third kappa shape index (κ3) is 4.73.